The SMILES string of the molecule is CCCN(CCC(C)(C)C)C(C)C1CC1. The van der Waals surface area contributed by atoms with Crippen LogP contribution in [-0.4, -0.2) is 24.0 Å². The van der Waals surface area contributed by atoms with Crippen LogP contribution in [-0.2, 0) is 0 Å². The fourth-order valence-corrected chi connectivity index (χ4v) is 2.16. The average molecular weight is 211 g/mol. The highest BCUT2D eigenvalue weighted by atomic mass is 15.2. The number of hydrogen-bond donors (Lipinski definition) is 0. The van der Waals surface area contributed by atoms with Gasteiger partial charge in [0.2, 0.25) is 0 Å². The van der Waals surface area contributed by atoms with Gasteiger partial charge < -0.3 is 4.90 Å². The summed E-state index contributed by atoms with van der Waals surface area (Å²) in [4.78, 5) is 2.71. The Morgan fingerprint density at radius 1 is 1.20 bits per heavy atom. The summed E-state index contributed by atoms with van der Waals surface area (Å²) in [5, 5.41) is 0. The summed E-state index contributed by atoms with van der Waals surface area (Å²) >= 11 is 0. The predicted molar refractivity (Wildman–Crippen MR) is 68.1 cm³/mol. The van der Waals surface area contributed by atoms with Crippen LogP contribution in [0, 0.1) is 11.3 Å². The molecule has 1 nitrogen and oxygen atoms in total. The Kier molecular flexibility index (Phi) is 4.64. The first kappa shape index (κ1) is 13.0. The first-order valence-electron chi connectivity index (χ1n) is 6.68. The molecule has 0 aromatic carbocycles. The van der Waals surface area contributed by atoms with E-state index in [1.807, 2.05) is 0 Å². The largest absolute Gasteiger partial charge is 0.300 e. The molecule has 0 bridgehead atoms. The summed E-state index contributed by atoms with van der Waals surface area (Å²) in [5.74, 6) is 1.01. The van der Waals surface area contributed by atoms with E-state index < -0.39 is 0 Å². The fraction of sp³-hybridized carbons (Fsp3) is 1.00. The second-order valence-electron chi connectivity index (χ2n) is 6.42. The molecule has 0 amide bonds. The van der Waals surface area contributed by atoms with Crippen molar-refractivity contribution in [3.63, 3.8) is 0 Å². The van der Waals surface area contributed by atoms with Crippen molar-refractivity contribution < 1.29 is 0 Å². The quantitative estimate of drug-likeness (QED) is 0.643. The van der Waals surface area contributed by atoms with E-state index >= 15 is 0 Å². The van der Waals surface area contributed by atoms with Crippen LogP contribution in [0.25, 0.3) is 0 Å². The topological polar surface area (TPSA) is 3.24 Å². The van der Waals surface area contributed by atoms with Crippen LogP contribution in [0.4, 0.5) is 0 Å². The summed E-state index contributed by atoms with van der Waals surface area (Å²) in [6.45, 7) is 14.3. The van der Waals surface area contributed by atoms with E-state index in [-0.39, 0.29) is 0 Å². The molecule has 1 atom stereocenters. The lowest BCUT2D eigenvalue weighted by Crippen LogP contribution is -2.37. The molecule has 0 spiro atoms. The second kappa shape index (κ2) is 5.34. The van der Waals surface area contributed by atoms with Crippen LogP contribution in [0.5, 0.6) is 0 Å². The van der Waals surface area contributed by atoms with E-state index in [0.717, 1.165) is 12.0 Å². The molecule has 1 saturated carbocycles. The molecule has 90 valence electrons. The van der Waals surface area contributed by atoms with Crippen LogP contribution in [0.2, 0.25) is 0 Å². The zero-order valence-corrected chi connectivity index (χ0v) is 11.3. The third-order valence-electron chi connectivity index (χ3n) is 3.54. The zero-order valence-electron chi connectivity index (χ0n) is 11.3. The van der Waals surface area contributed by atoms with Gasteiger partial charge in [0.05, 0.1) is 0 Å². The number of hydrogen-bond acceptors (Lipinski definition) is 1. The Bertz CT molecular complexity index is 176. The molecule has 15 heavy (non-hydrogen) atoms. The van der Waals surface area contributed by atoms with Crippen molar-refractivity contribution in [3.05, 3.63) is 0 Å². The molecule has 1 rings (SSSR count). The van der Waals surface area contributed by atoms with Gasteiger partial charge in [-0.3, -0.25) is 0 Å². The average Bonchev–Trinajstić information content (AvgIpc) is 2.92. The lowest BCUT2D eigenvalue weighted by Gasteiger charge is -2.31. The van der Waals surface area contributed by atoms with Gasteiger partial charge >= 0.3 is 0 Å². The summed E-state index contributed by atoms with van der Waals surface area (Å²) < 4.78 is 0. The van der Waals surface area contributed by atoms with E-state index in [4.69, 9.17) is 0 Å². The van der Waals surface area contributed by atoms with Crippen molar-refractivity contribution >= 4 is 0 Å². The van der Waals surface area contributed by atoms with Gasteiger partial charge in [-0.2, -0.15) is 0 Å². The van der Waals surface area contributed by atoms with Crippen LogP contribution in [0.1, 0.15) is 60.3 Å². The number of rotatable bonds is 6. The maximum Gasteiger partial charge on any atom is 0.00951 e. The van der Waals surface area contributed by atoms with Gasteiger partial charge in [-0.25, -0.2) is 0 Å². The lowest BCUT2D eigenvalue weighted by atomic mass is 9.91. The van der Waals surface area contributed by atoms with Crippen molar-refractivity contribution in [1.82, 2.24) is 4.90 Å². The normalized spacial score (nSPS) is 19.6. The van der Waals surface area contributed by atoms with Crippen LogP contribution in [0.3, 0.4) is 0 Å². The van der Waals surface area contributed by atoms with E-state index in [2.05, 4.69) is 39.5 Å². The Balaban J connectivity index is 2.35. The van der Waals surface area contributed by atoms with Crippen molar-refractivity contribution in [3.8, 4) is 0 Å². The standard InChI is InChI=1S/C14H29N/c1-6-10-15(11-9-14(3,4)5)12(2)13-7-8-13/h12-13H,6-11H2,1-5H3. The molecule has 1 unspecified atom stereocenters. The Hall–Kier alpha value is -0.0400. The summed E-state index contributed by atoms with van der Waals surface area (Å²) in [7, 11) is 0. The first-order chi connectivity index (χ1) is 6.94. The molecule has 1 aliphatic carbocycles. The highest BCUT2D eigenvalue weighted by molar-refractivity contribution is 4.85. The van der Waals surface area contributed by atoms with Crippen LogP contribution < -0.4 is 0 Å². The van der Waals surface area contributed by atoms with E-state index in [1.54, 1.807) is 0 Å². The van der Waals surface area contributed by atoms with Gasteiger partial charge in [0.25, 0.3) is 0 Å². The van der Waals surface area contributed by atoms with Gasteiger partial charge in [-0.1, -0.05) is 27.7 Å². The van der Waals surface area contributed by atoms with Gasteiger partial charge in [-0.05, 0) is 57.0 Å². The van der Waals surface area contributed by atoms with Crippen LogP contribution in [0.15, 0.2) is 0 Å². The summed E-state index contributed by atoms with van der Waals surface area (Å²) in [6, 6.07) is 0.826. The van der Waals surface area contributed by atoms with Crippen molar-refractivity contribution in [1.29, 1.82) is 0 Å². The minimum Gasteiger partial charge on any atom is -0.300 e. The van der Waals surface area contributed by atoms with Gasteiger partial charge in [-0.15, -0.1) is 0 Å². The van der Waals surface area contributed by atoms with Crippen molar-refractivity contribution in [2.45, 2.75) is 66.3 Å². The third-order valence-corrected chi connectivity index (χ3v) is 3.54. The minimum absolute atomic E-state index is 0.481. The molecule has 0 aromatic heterocycles. The monoisotopic (exact) mass is 211 g/mol. The molecule has 0 N–H and O–H groups in total. The Morgan fingerprint density at radius 2 is 1.80 bits per heavy atom. The Morgan fingerprint density at radius 3 is 2.20 bits per heavy atom. The molecule has 0 radical (unpaired) electrons. The van der Waals surface area contributed by atoms with Crippen molar-refractivity contribution in [2.24, 2.45) is 11.3 Å². The van der Waals surface area contributed by atoms with Gasteiger partial charge in [0, 0.05) is 6.04 Å². The molecular formula is C14H29N. The zero-order chi connectivity index (χ0) is 11.5. The van der Waals surface area contributed by atoms with Crippen molar-refractivity contribution in [2.75, 3.05) is 13.1 Å². The van der Waals surface area contributed by atoms with E-state index in [1.165, 1.54) is 38.8 Å². The maximum absolute atomic E-state index is 2.71. The smallest absolute Gasteiger partial charge is 0.00951 e. The maximum atomic E-state index is 2.71. The second-order valence-corrected chi connectivity index (χ2v) is 6.42. The molecular weight excluding hydrogens is 182 g/mol. The molecule has 0 aromatic rings. The minimum atomic E-state index is 0.481. The van der Waals surface area contributed by atoms with Gasteiger partial charge in [0.15, 0.2) is 0 Å². The molecule has 1 fully saturated rings. The van der Waals surface area contributed by atoms with Crippen LogP contribution >= 0.6 is 0 Å². The Labute approximate surface area is 96.2 Å². The van der Waals surface area contributed by atoms with E-state index in [0.29, 0.717) is 5.41 Å². The predicted octanol–water partition coefficient (Wildman–Crippen LogP) is 3.93. The van der Waals surface area contributed by atoms with Gasteiger partial charge in [0.1, 0.15) is 0 Å². The highest BCUT2D eigenvalue weighted by Gasteiger charge is 2.31. The molecule has 1 aliphatic rings. The highest BCUT2D eigenvalue weighted by Crippen LogP contribution is 2.35. The fourth-order valence-electron chi connectivity index (χ4n) is 2.16. The third kappa shape index (κ3) is 5.01. The summed E-state index contributed by atoms with van der Waals surface area (Å²) in [6.07, 6.45) is 5.55. The van der Waals surface area contributed by atoms with E-state index in [9.17, 15) is 0 Å². The lowest BCUT2D eigenvalue weighted by molar-refractivity contribution is 0.164. The molecule has 1 heteroatoms. The first-order valence-corrected chi connectivity index (χ1v) is 6.68. The molecule has 0 saturated heterocycles. The molecule has 0 heterocycles. The number of nitrogens with zero attached hydrogens (tertiary/aromatic N) is 1. The summed E-state index contributed by atoms with van der Waals surface area (Å²) in [5.41, 5.74) is 0.481. The molecule has 0 aliphatic heterocycles.